The van der Waals surface area contributed by atoms with Crippen molar-refractivity contribution in [3.8, 4) is 5.69 Å². The van der Waals surface area contributed by atoms with Crippen molar-refractivity contribution in [3.05, 3.63) is 58.8 Å². The highest BCUT2D eigenvalue weighted by Gasteiger charge is 2.14. The molecule has 0 aliphatic carbocycles. The van der Waals surface area contributed by atoms with Crippen LogP contribution >= 0.6 is 0 Å². The first-order chi connectivity index (χ1) is 9.16. The minimum atomic E-state index is -0.460. The van der Waals surface area contributed by atoms with E-state index in [0.29, 0.717) is 16.6 Å². The molecule has 0 amide bonds. The number of nitrogens with zero attached hydrogens (tertiary/aromatic N) is 3. The van der Waals surface area contributed by atoms with Crippen LogP contribution in [0.2, 0.25) is 0 Å². The molecule has 2 aromatic carbocycles. The molecular weight excluding hydrogens is 244 g/mol. The lowest BCUT2D eigenvalue weighted by Gasteiger charge is -2.03. The van der Waals surface area contributed by atoms with Crippen LogP contribution in [0.25, 0.3) is 16.6 Å². The molecule has 0 saturated carbocycles. The summed E-state index contributed by atoms with van der Waals surface area (Å²) < 4.78 is 1.64. The monoisotopic (exact) mass is 254 g/mol. The summed E-state index contributed by atoms with van der Waals surface area (Å²) in [4.78, 5) is 10.4. The Morgan fingerprint density at radius 1 is 1.21 bits per heavy atom. The highest BCUT2D eigenvalue weighted by molar-refractivity contribution is 5.93. The zero-order valence-electron chi connectivity index (χ0n) is 9.85. The average Bonchev–Trinajstić information content (AvgIpc) is 2.84. The van der Waals surface area contributed by atoms with Gasteiger partial charge in [-0.15, -0.1) is 0 Å². The van der Waals surface area contributed by atoms with Gasteiger partial charge < -0.3 is 5.73 Å². The summed E-state index contributed by atoms with van der Waals surface area (Å²) in [5.74, 6) is 0. The Morgan fingerprint density at radius 2 is 1.95 bits per heavy atom. The molecule has 6 nitrogen and oxygen atoms in total. The fourth-order valence-corrected chi connectivity index (χ4v) is 2.02. The Morgan fingerprint density at radius 3 is 2.63 bits per heavy atom. The van der Waals surface area contributed by atoms with E-state index >= 15 is 0 Å². The lowest BCUT2D eigenvalue weighted by Crippen LogP contribution is -1.97. The predicted octanol–water partition coefficient (Wildman–Crippen LogP) is 2.52. The lowest BCUT2D eigenvalue weighted by atomic mass is 10.2. The first kappa shape index (κ1) is 11.2. The van der Waals surface area contributed by atoms with E-state index in [1.807, 2.05) is 30.3 Å². The molecule has 0 radical (unpaired) electrons. The standard InChI is InChI=1S/C13H10N4O2/c14-12-6-10(17(18)19)7-13-11(12)8-15-16(13)9-4-2-1-3-5-9/h1-8H,14H2. The van der Waals surface area contributed by atoms with Gasteiger partial charge in [-0.3, -0.25) is 10.1 Å². The Labute approximate surface area is 108 Å². The van der Waals surface area contributed by atoms with Gasteiger partial charge in [0, 0.05) is 23.2 Å². The summed E-state index contributed by atoms with van der Waals surface area (Å²) in [5, 5.41) is 15.8. The summed E-state index contributed by atoms with van der Waals surface area (Å²) in [5.41, 5.74) is 7.60. The molecular formula is C13H10N4O2. The van der Waals surface area contributed by atoms with Crippen molar-refractivity contribution >= 4 is 22.3 Å². The van der Waals surface area contributed by atoms with Gasteiger partial charge in [0.1, 0.15) is 0 Å². The number of anilines is 1. The SMILES string of the molecule is Nc1cc([N+](=O)[O-])cc2c1cnn2-c1ccccc1. The van der Waals surface area contributed by atoms with Crippen LogP contribution < -0.4 is 5.73 Å². The molecule has 3 rings (SSSR count). The van der Waals surface area contributed by atoms with E-state index in [-0.39, 0.29) is 5.69 Å². The number of hydrogen-bond donors (Lipinski definition) is 1. The highest BCUT2D eigenvalue weighted by Crippen LogP contribution is 2.28. The molecule has 0 spiro atoms. The van der Waals surface area contributed by atoms with E-state index < -0.39 is 4.92 Å². The zero-order chi connectivity index (χ0) is 13.4. The zero-order valence-corrected chi connectivity index (χ0v) is 9.85. The number of benzene rings is 2. The fraction of sp³-hybridized carbons (Fsp3) is 0. The number of rotatable bonds is 2. The molecule has 0 bridgehead atoms. The van der Waals surface area contributed by atoms with Crippen molar-refractivity contribution in [3.63, 3.8) is 0 Å². The Kier molecular flexibility index (Phi) is 2.42. The van der Waals surface area contributed by atoms with Gasteiger partial charge in [-0.2, -0.15) is 5.10 Å². The molecule has 0 fully saturated rings. The van der Waals surface area contributed by atoms with E-state index in [1.165, 1.54) is 12.1 Å². The summed E-state index contributed by atoms with van der Waals surface area (Å²) in [6, 6.07) is 12.2. The summed E-state index contributed by atoms with van der Waals surface area (Å²) in [7, 11) is 0. The quantitative estimate of drug-likeness (QED) is 0.432. The Hall–Kier alpha value is -2.89. The minimum absolute atomic E-state index is 0.0392. The maximum atomic E-state index is 10.9. The molecule has 0 unspecified atom stereocenters. The van der Waals surface area contributed by atoms with Crippen LogP contribution in [0.15, 0.2) is 48.7 Å². The molecule has 0 saturated heterocycles. The molecule has 94 valence electrons. The first-order valence-corrected chi connectivity index (χ1v) is 5.64. The Bertz CT molecular complexity index is 765. The van der Waals surface area contributed by atoms with E-state index in [9.17, 15) is 10.1 Å². The predicted molar refractivity (Wildman–Crippen MR) is 72.1 cm³/mol. The average molecular weight is 254 g/mol. The van der Waals surface area contributed by atoms with Crippen molar-refractivity contribution in [2.75, 3.05) is 5.73 Å². The van der Waals surface area contributed by atoms with E-state index in [1.54, 1.807) is 10.9 Å². The minimum Gasteiger partial charge on any atom is -0.398 e. The highest BCUT2D eigenvalue weighted by atomic mass is 16.6. The van der Waals surface area contributed by atoms with Gasteiger partial charge >= 0.3 is 0 Å². The number of aromatic nitrogens is 2. The molecule has 6 heteroatoms. The van der Waals surface area contributed by atoms with Crippen LogP contribution in [-0.4, -0.2) is 14.7 Å². The van der Waals surface area contributed by atoms with Gasteiger partial charge in [-0.05, 0) is 12.1 Å². The van der Waals surface area contributed by atoms with E-state index in [4.69, 9.17) is 5.73 Å². The van der Waals surface area contributed by atoms with Crippen LogP contribution in [-0.2, 0) is 0 Å². The van der Waals surface area contributed by atoms with Gasteiger partial charge in [-0.25, -0.2) is 4.68 Å². The van der Waals surface area contributed by atoms with Gasteiger partial charge in [-0.1, -0.05) is 18.2 Å². The van der Waals surface area contributed by atoms with Crippen LogP contribution in [0.1, 0.15) is 0 Å². The third-order valence-corrected chi connectivity index (χ3v) is 2.92. The van der Waals surface area contributed by atoms with Crippen molar-refractivity contribution in [2.24, 2.45) is 0 Å². The number of nitrogens with two attached hydrogens (primary N) is 1. The maximum Gasteiger partial charge on any atom is 0.273 e. The second-order valence-electron chi connectivity index (χ2n) is 4.12. The number of hydrogen-bond acceptors (Lipinski definition) is 4. The number of fused-ring (bicyclic) bond motifs is 1. The smallest absolute Gasteiger partial charge is 0.273 e. The molecule has 0 aliphatic heterocycles. The molecule has 3 aromatic rings. The summed E-state index contributed by atoms with van der Waals surface area (Å²) in [6.45, 7) is 0. The molecule has 0 aliphatic rings. The largest absolute Gasteiger partial charge is 0.398 e. The van der Waals surface area contributed by atoms with E-state index in [0.717, 1.165) is 5.69 Å². The summed E-state index contributed by atoms with van der Waals surface area (Å²) in [6.07, 6.45) is 1.61. The first-order valence-electron chi connectivity index (χ1n) is 5.64. The molecule has 19 heavy (non-hydrogen) atoms. The van der Waals surface area contributed by atoms with Crippen LogP contribution in [0.3, 0.4) is 0 Å². The Balaban J connectivity index is 2.30. The molecule has 0 atom stereocenters. The summed E-state index contributed by atoms with van der Waals surface area (Å²) >= 11 is 0. The van der Waals surface area contributed by atoms with Crippen molar-refractivity contribution in [2.45, 2.75) is 0 Å². The van der Waals surface area contributed by atoms with Crippen molar-refractivity contribution in [1.29, 1.82) is 0 Å². The van der Waals surface area contributed by atoms with Crippen molar-refractivity contribution < 1.29 is 4.92 Å². The molecule has 1 heterocycles. The van der Waals surface area contributed by atoms with Gasteiger partial charge in [0.15, 0.2) is 0 Å². The third-order valence-electron chi connectivity index (χ3n) is 2.92. The fourth-order valence-electron chi connectivity index (χ4n) is 2.02. The van der Waals surface area contributed by atoms with Crippen LogP contribution in [0.4, 0.5) is 11.4 Å². The molecule has 1 aromatic heterocycles. The normalized spacial score (nSPS) is 10.7. The number of nitro groups is 1. The van der Waals surface area contributed by atoms with Crippen LogP contribution in [0, 0.1) is 10.1 Å². The number of non-ortho nitro benzene ring substituents is 1. The topological polar surface area (TPSA) is 87.0 Å². The number of para-hydroxylation sites is 1. The van der Waals surface area contributed by atoms with Crippen LogP contribution in [0.5, 0.6) is 0 Å². The maximum absolute atomic E-state index is 10.9. The second-order valence-corrected chi connectivity index (χ2v) is 4.12. The van der Waals surface area contributed by atoms with Crippen molar-refractivity contribution in [1.82, 2.24) is 9.78 Å². The lowest BCUT2D eigenvalue weighted by molar-refractivity contribution is -0.384. The number of nitro benzene ring substituents is 1. The van der Waals surface area contributed by atoms with E-state index in [2.05, 4.69) is 5.10 Å². The molecule has 2 N–H and O–H groups in total. The third kappa shape index (κ3) is 1.79. The second kappa shape index (κ2) is 4.09. The van der Waals surface area contributed by atoms with Gasteiger partial charge in [0.25, 0.3) is 5.69 Å². The van der Waals surface area contributed by atoms with Gasteiger partial charge in [0.05, 0.1) is 22.3 Å². The van der Waals surface area contributed by atoms with Gasteiger partial charge in [0.2, 0.25) is 0 Å². The number of nitrogen functional groups attached to an aromatic ring is 1.